The molecule has 0 spiro atoms. The maximum Gasteiger partial charge on any atom is 0.230 e. The van der Waals surface area contributed by atoms with Gasteiger partial charge in [-0.3, -0.25) is 4.79 Å². The zero-order valence-electron chi connectivity index (χ0n) is 15.1. The van der Waals surface area contributed by atoms with Gasteiger partial charge in [-0.05, 0) is 50.1 Å². The van der Waals surface area contributed by atoms with Crippen LogP contribution in [0.25, 0.3) is 5.69 Å². The molecule has 3 aromatic rings. The van der Waals surface area contributed by atoms with Crippen molar-refractivity contribution < 1.29 is 4.79 Å². The maximum absolute atomic E-state index is 12.3. The van der Waals surface area contributed by atoms with E-state index in [0.717, 1.165) is 16.1 Å². The molecule has 5 nitrogen and oxygen atoms in total. The first-order valence-corrected chi connectivity index (χ1v) is 9.46. The summed E-state index contributed by atoms with van der Waals surface area (Å²) in [5.41, 5.74) is 4.44. The molecule has 0 bridgehead atoms. The Hall–Kier alpha value is -2.60. The van der Waals surface area contributed by atoms with Crippen LogP contribution in [0.2, 0.25) is 0 Å². The summed E-state index contributed by atoms with van der Waals surface area (Å²) in [6, 6.07) is 14.2. The van der Waals surface area contributed by atoms with Gasteiger partial charge in [0.05, 0.1) is 17.5 Å². The van der Waals surface area contributed by atoms with Crippen molar-refractivity contribution in [1.29, 1.82) is 0 Å². The number of aryl methyl sites for hydroxylation is 2. The van der Waals surface area contributed by atoms with Crippen LogP contribution >= 0.6 is 11.8 Å². The molecule has 6 heteroatoms. The highest BCUT2D eigenvalue weighted by molar-refractivity contribution is 8.00. The highest BCUT2D eigenvalue weighted by Crippen LogP contribution is 2.23. The molecule has 1 aromatic heterocycles. The van der Waals surface area contributed by atoms with Crippen LogP contribution in [0.4, 0.5) is 0 Å². The van der Waals surface area contributed by atoms with E-state index in [1.54, 1.807) is 22.8 Å². The summed E-state index contributed by atoms with van der Waals surface area (Å²) in [5.74, 6) is 0.438. The molecule has 3 rings (SSSR count). The second-order valence-electron chi connectivity index (χ2n) is 6.28. The summed E-state index contributed by atoms with van der Waals surface area (Å²) >= 11 is 1.57. The molecule has 26 heavy (non-hydrogen) atoms. The summed E-state index contributed by atoms with van der Waals surface area (Å²) in [6.45, 7) is 6.14. The Bertz CT molecular complexity index is 875. The molecule has 134 valence electrons. The van der Waals surface area contributed by atoms with E-state index in [9.17, 15) is 4.79 Å². The molecule has 0 saturated carbocycles. The number of hydrogen-bond donors (Lipinski definition) is 1. The first-order chi connectivity index (χ1) is 12.5. The van der Waals surface area contributed by atoms with E-state index in [2.05, 4.69) is 47.4 Å². The average molecular weight is 366 g/mol. The monoisotopic (exact) mass is 366 g/mol. The van der Waals surface area contributed by atoms with Crippen LogP contribution in [0.3, 0.4) is 0 Å². The molecule has 0 aliphatic rings. The van der Waals surface area contributed by atoms with Crippen LogP contribution < -0.4 is 5.32 Å². The maximum atomic E-state index is 12.3. The average Bonchev–Trinajstić information content (AvgIpc) is 3.16. The van der Waals surface area contributed by atoms with Gasteiger partial charge in [0.1, 0.15) is 12.7 Å². The molecule has 1 amide bonds. The van der Waals surface area contributed by atoms with Crippen molar-refractivity contribution in [3.05, 3.63) is 71.8 Å². The van der Waals surface area contributed by atoms with Gasteiger partial charge in [0.25, 0.3) is 0 Å². The third kappa shape index (κ3) is 4.52. The number of rotatable bonds is 6. The first-order valence-electron chi connectivity index (χ1n) is 8.47. The van der Waals surface area contributed by atoms with Crippen molar-refractivity contribution in [2.75, 3.05) is 5.75 Å². The predicted octanol–water partition coefficient (Wildman–Crippen LogP) is 3.85. The van der Waals surface area contributed by atoms with Gasteiger partial charge in [-0.1, -0.05) is 29.8 Å². The highest BCUT2D eigenvalue weighted by Gasteiger charge is 2.11. The Kier molecular flexibility index (Phi) is 5.73. The molecule has 1 heterocycles. The van der Waals surface area contributed by atoms with E-state index < -0.39 is 0 Å². The van der Waals surface area contributed by atoms with Crippen molar-refractivity contribution in [1.82, 2.24) is 20.1 Å². The van der Waals surface area contributed by atoms with Gasteiger partial charge in [-0.25, -0.2) is 9.67 Å². The van der Waals surface area contributed by atoms with Crippen LogP contribution in [0, 0.1) is 13.8 Å². The van der Waals surface area contributed by atoms with Crippen molar-refractivity contribution in [3.63, 3.8) is 0 Å². The summed E-state index contributed by atoms with van der Waals surface area (Å²) in [5, 5.41) is 7.17. The lowest BCUT2D eigenvalue weighted by atomic mass is 10.1. The molecule has 0 fully saturated rings. The summed E-state index contributed by atoms with van der Waals surface area (Å²) in [7, 11) is 0. The van der Waals surface area contributed by atoms with Gasteiger partial charge in [0, 0.05) is 4.90 Å². The van der Waals surface area contributed by atoms with Gasteiger partial charge < -0.3 is 5.32 Å². The Balaban J connectivity index is 1.55. The molecule has 0 radical (unpaired) electrons. The molecular formula is C20H22N4OS. The normalized spacial score (nSPS) is 12.0. The second-order valence-corrected chi connectivity index (χ2v) is 7.30. The molecule has 0 saturated heterocycles. The Morgan fingerprint density at radius 1 is 1.19 bits per heavy atom. The van der Waals surface area contributed by atoms with E-state index in [0.29, 0.717) is 5.75 Å². The van der Waals surface area contributed by atoms with Crippen LogP contribution in [0.15, 0.2) is 60.0 Å². The minimum absolute atomic E-state index is 0.0304. The fourth-order valence-corrected chi connectivity index (χ4v) is 3.55. The lowest BCUT2D eigenvalue weighted by molar-refractivity contribution is -0.119. The van der Waals surface area contributed by atoms with Crippen LogP contribution in [0.5, 0.6) is 0 Å². The molecule has 1 atom stereocenters. The van der Waals surface area contributed by atoms with Gasteiger partial charge >= 0.3 is 0 Å². The number of hydrogen-bond acceptors (Lipinski definition) is 4. The van der Waals surface area contributed by atoms with Gasteiger partial charge in [-0.2, -0.15) is 5.10 Å². The minimum Gasteiger partial charge on any atom is -0.349 e. The van der Waals surface area contributed by atoms with E-state index in [-0.39, 0.29) is 11.9 Å². The molecule has 1 N–H and O–H groups in total. The number of carbonyl (C=O) groups is 1. The number of carbonyl (C=O) groups excluding carboxylic acids is 1. The summed E-state index contributed by atoms with van der Waals surface area (Å²) in [6.07, 6.45) is 3.16. The number of amides is 1. The van der Waals surface area contributed by atoms with E-state index in [1.807, 2.05) is 31.2 Å². The topological polar surface area (TPSA) is 59.8 Å². The number of benzene rings is 2. The molecule has 1 unspecified atom stereocenters. The predicted molar refractivity (Wildman–Crippen MR) is 105 cm³/mol. The zero-order chi connectivity index (χ0) is 18.5. The Labute approximate surface area is 157 Å². The quantitative estimate of drug-likeness (QED) is 0.673. The lowest BCUT2D eigenvalue weighted by Gasteiger charge is -2.15. The molecule has 0 aliphatic heterocycles. The van der Waals surface area contributed by atoms with E-state index >= 15 is 0 Å². The second kappa shape index (κ2) is 8.19. The SMILES string of the molecule is Cc1ccc(SCC(=O)NC(C)c2ccc(-n3cncn3)cc2)c(C)c1. The smallest absolute Gasteiger partial charge is 0.230 e. The van der Waals surface area contributed by atoms with Gasteiger partial charge in [-0.15, -0.1) is 11.8 Å². The molecular weight excluding hydrogens is 344 g/mol. The number of aromatic nitrogens is 3. The number of thioether (sulfide) groups is 1. The number of nitrogens with zero attached hydrogens (tertiary/aromatic N) is 3. The Morgan fingerprint density at radius 2 is 1.96 bits per heavy atom. The van der Waals surface area contributed by atoms with E-state index in [4.69, 9.17) is 0 Å². The van der Waals surface area contributed by atoms with E-state index in [1.165, 1.54) is 17.5 Å². The molecule has 0 aliphatic carbocycles. The fourth-order valence-electron chi connectivity index (χ4n) is 2.73. The van der Waals surface area contributed by atoms with Gasteiger partial charge in [0.15, 0.2) is 0 Å². The minimum atomic E-state index is -0.0491. The van der Waals surface area contributed by atoms with Gasteiger partial charge in [0.2, 0.25) is 5.91 Å². The van der Waals surface area contributed by atoms with Crippen molar-refractivity contribution in [3.8, 4) is 5.69 Å². The fraction of sp³-hybridized carbons (Fsp3) is 0.250. The number of nitrogens with one attached hydrogen (secondary N) is 1. The zero-order valence-corrected chi connectivity index (χ0v) is 16.0. The molecule has 2 aromatic carbocycles. The summed E-state index contributed by atoms with van der Waals surface area (Å²) in [4.78, 5) is 17.4. The standard InChI is InChI=1S/C20H22N4OS/c1-14-4-9-19(15(2)10-14)26-11-20(25)23-16(3)17-5-7-18(8-6-17)24-13-21-12-22-24/h4-10,12-13,16H,11H2,1-3H3,(H,23,25). The van der Waals surface area contributed by atoms with Crippen LogP contribution in [-0.4, -0.2) is 26.4 Å². The van der Waals surface area contributed by atoms with Crippen molar-refractivity contribution in [2.45, 2.75) is 31.7 Å². The van der Waals surface area contributed by atoms with Crippen LogP contribution in [0.1, 0.15) is 29.7 Å². The lowest BCUT2D eigenvalue weighted by Crippen LogP contribution is -2.28. The Morgan fingerprint density at radius 3 is 2.62 bits per heavy atom. The highest BCUT2D eigenvalue weighted by atomic mass is 32.2. The largest absolute Gasteiger partial charge is 0.349 e. The van der Waals surface area contributed by atoms with Crippen molar-refractivity contribution >= 4 is 17.7 Å². The summed E-state index contributed by atoms with van der Waals surface area (Å²) < 4.78 is 1.70. The third-order valence-electron chi connectivity index (χ3n) is 4.14. The van der Waals surface area contributed by atoms with Crippen molar-refractivity contribution in [2.24, 2.45) is 0 Å². The first kappa shape index (κ1) is 18.2. The third-order valence-corrected chi connectivity index (χ3v) is 5.32. The van der Waals surface area contributed by atoms with Crippen LogP contribution in [-0.2, 0) is 4.79 Å².